The minimum absolute atomic E-state index is 0.0322. The molecule has 25 heavy (non-hydrogen) atoms. The predicted octanol–water partition coefficient (Wildman–Crippen LogP) is 5.06. The van der Waals surface area contributed by atoms with E-state index < -0.39 is 0 Å². The highest BCUT2D eigenvalue weighted by molar-refractivity contribution is 7.12. The molecule has 0 atom stereocenters. The van der Waals surface area contributed by atoms with Crippen LogP contribution in [0, 0.1) is 0 Å². The summed E-state index contributed by atoms with van der Waals surface area (Å²) in [5.74, 6) is -0.252. The lowest BCUT2D eigenvalue weighted by Gasteiger charge is -2.31. The first kappa shape index (κ1) is 18.0. The zero-order chi connectivity index (χ0) is 17.8. The van der Waals surface area contributed by atoms with Crippen LogP contribution in [0.5, 0.6) is 0 Å². The number of anilines is 1. The molecule has 1 aromatic heterocycles. The Balaban J connectivity index is 1.76. The van der Waals surface area contributed by atoms with E-state index >= 15 is 0 Å². The van der Waals surface area contributed by atoms with E-state index in [1.807, 2.05) is 23.4 Å². The first-order valence-corrected chi connectivity index (χ1v) is 9.73. The molecule has 3 rings (SSSR count). The fourth-order valence-corrected chi connectivity index (χ4v) is 3.97. The minimum Gasteiger partial charge on any atom is -0.339 e. The molecule has 1 heterocycles. The predicted molar refractivity (Wildman–Crippen MR) is 103 cm³/mol. The monoisotopic (exact) mass is 376 g/mol. The third kappa shape index (κ3) is 4.22. The van der Waals surface area contributed by atoms with E-state index in [2.05, 4.69) is 5.32 Å². The average Bonchev–Trinajstić information content (AvgIpc) is 3.18. The van der Waals surface area contributed by atoms with Crippen LogP contribution < -0.4 is 5.32 Å². The zero-order valence-corrected chi connectivity index (χ0v) is 15.7. The van der Waals surface area contributed by atoms with Gasteiger partial charge in [0.25, 0.3) is 11.8 Å². The van der Waals surface area contributed by atoms with Crippen LogP contribution in [0.4, 0.5) is 5.69 Å². The van der Waals surface area contributed by atoms with Crippen molar-refractivity contribution in [2.24, 2.45) is 0 Å². The molecule has 1 saturated carbocycles. The fraction of sp³-hybridized carbons (Fsp3) is 0.368. The number of nitrogens with one attached hydrogen (secondary N) is 1. The molecule has 132 valence electrons. The van der Waals surface area contributed by atoms with Crippen LogP contribution in [-0.4, -0.2) is 29.8 Å². The molecule has 6 heteroatoms. The maximum Gasteiger partial charge on any atom is 0.265 e. The maximum absolute atomic E-state index is 12.8. The number of thiophene rings is 1. The van der Waals surface area contributed by atoms with E-state index in [1.165, 1.54) is 30.6 Å². The molecule has 1 fully saturated rings. The molecule has 0 radical (unpaired) electrons. The van der Waals surface area contributed by atoms with Crippen LogP contribution >= 0.6 is 22.9 Å². The standard InChI is InChI=1S/C19H21ClN2O2S/c1-22(14-6-3-2-4-7-14)19(24)13-9-10-15(20)16(12-13)21-18(23)17-8-5-11-25-17/h5,8-12,14H,2-4,6-7H2,1H3,(H,21,23). The Hall–Kier alpha value is -1.85. The molecule has 1 aliphatic carbocycles. The molecule has 0 bridgehead atoms. The number of rotatable bonds is 4. The van der Waals surface area contributed by atoms with Gasteiger partial charge in [-0.15, -0.1) is 11.3 Å². The number of hydrogen-bond acceptors (Lipinski definition) is 3. The largest absolute Gasteiger partial charge is 0.339 e. The van der Waals surface area contributed by atoms with Crippen molar-refractivity contribution >= 4 is 40.4 Å². The number of carbonyl (C=O) groups is 2. The van der Waals surface area contributed by atoms with Crippen molar-refractivity contribution in [1.82, 2.24) is 4.90 Å². The lowest BCUT2D eigenvalue weighted by atomic mass is 9.94. The smallest absolute Gasteiger partial charge is 0.265 e. The Kier molecular flexibility index (Phi) is 5.76. The van der Waals surface area contributed by atoms with Gasteiger partial charge in [0.15, 0.2) is 0 Å². The van der Waals surface area contributed by atoms with Crippen LogP contribution in [0.15, 0.2) is 35.7 Å². The van der Waals surface area contributed by atoms with Gasteiger partial charge in [0, 0.05) is 18.7 Å². The van der Waals surface area contributed by atoms with Gasteiger partial charge in [0.05, 0.1) is 15.6 Å². The van der Waals surface area contributed by atoms with Crippen molar-refractivity contribution in [3.8, 4) is 0 Å². The highest BCUT2D eigenvalue weighted by Gasteiger charge is 2.23. The quantitative estimate of drug-likeness (QED) is 0.810. The second kappa shape index (κ2) is 8.02. The van der Waals surface area contributed by atoms with Crippen molar-refractivity contribution < 1.29 is 9.59 Å². The van der Waals surface area contributed by atoms with Crippen molar-refractivity contribution in [2.45, 2.75) is 38.1 Å². The summed E-state index contributed by atoms with van der Waals surface area (Å²) < 4.78 is 0. The highest BCUT2D eigenvalue weighted by Crippen LogP contribution is 2.27. The van der Waals surface area contributed by atoms with Gasteiger partial charge >= 0.3 is 0 Å². The van der Waals surface area contributed by atoms with Crippen LogP contribution in [0.1, 0.15) is 52.1 Å². The Bertz CT molecular complexity index is 755. The summed E-state index contributed by atoms with van der Waals surface area (Å²) in [6.07, 6.45) is 5.70. The molecular weight excluding hydrogens is 356 g/mol. The third-order valence-electron chi connectivity index (χ3n) is 4.65. The zero-order valence-electron chi connectivity index (χ0n) is 14.1. The summed E-state index contributed by atoms with van der Waals surface area (Å²) in [5, 5.41) is 5.06. The van der Waals surface area contributed by atoms with Gasteiger partial charge < -0.3 is 10.2 Å². The van der Waals surface area contributed by atoms with Crippen molar-refractivity contribution in [3.05, 3.63) is 51.2 Å². The molecule has 2 aromatic rings. The first-order chi connectivity index (χ1) is 12.1. The van der Waals surface area contributed by atoms with Crippen LogP contribution in [0.3, 0.4) is 0 Å². The van der Waals surface area contributed by atoms with Gasteiger partial charge in [-0.25, -0.2) is 0 Å². The maximum atomic E-state index is 12.8. The highest BCUT2D eigenvalue weighted by atomic mass is 35.5. The van der Waals surface area contributed by atoms with E-state index in [0.717, 1.165) is 12.8 Å². The number of amides is 2. The van der Waals surface area contributed by atoms with E-state index in [-0.39, 0.29) is 11.8 Å². The van der Waals surface area contributed by atoms with Crippen molar-refractivity contribution in [1.29, 1.82) is 0 Å². The molecule has 1 aromatic carbocycles. The van der Waals surface area contributed by atoms with Gasteiger partial charge in [-0.05, 0) is 42.5 Å². The van der Waals surface area contributed by atoms with Gasteiger partial charge in [0.2, 0.25) is 0 Å². The summed E-state index contributed by atoms with van der Waals surface area (Å²) >= 11 is 7.56. The van der Waals surface area contributed by atoms with Crippen LogP contribution in [0.2, 0.25) is 5.02 Å². The normalized spacial score (nSPS) is 15.0. The molecule has 4 nitrogen and oxygen atoms in total. The lowest BCUT2D eigenvalue weighted by molar-refractivity contribution is 0.0696. The Morgan fingerprint density at radius 2 is 1.96 bits per heavy atom. The van der Waals surface area contributed by atoms with Crippen LogP contribution in [0.25, 0.3) is 0 Å². The molecular formula is C19H21ClN2O2S. The summed E-state index contributed by atoms with van der Waals surface area (Å²) in [5.41, 5.74) is 1.00. The molecule has 0 saturated heterocycles. The number of carbonyl (C=O) groups excluding carboxylic acids is 2. The molecule has 0 spiro atoms. The van der Waals surface area contributed by atoms with Gasteiger partial charge in [-0.3, -0.25) is 9.59 Å². The molecule has 2 amide bonds. The van der Waals surface area contributed by atoms with E-state index in [1.54, 1.807) is 24.3 Å². The van der Waals surface area contributed by atoms with Crippen LogP contribution in [-0.2, 0) is 0 Å². The van der Waals surface area contributed by atoms with Gasteiger partial charge in [-0.1, -0.05) is 36.9 Å². The lowest BCUT2D eigenvalue weighted by Crippen LogP contribution is -2.38. The third-order valence-corrected chi connectivity index (χ3v) is 5.85. The summed E-state index contributed by atoms with van der Waals surface area (Å²) in [6, 6.07) is 8.90. The number of benzene rings is 1. The van der Waals surface area contributed by atoms with E-state index in [4.69, 9.17) is 11.6 Å². The molecule has 1 aliphatic rings. The molecule has 0 aliphatic heterocycles. The summed E-state index contributed by atoms with van der Waals surface area (Å²) in [6.45, 7) is 0. The number of nitrogens with zero attached hydrogens (tertiary/aromatic N) is 1. The number of halogens is 1. The van der Waals surface area contributed by atoms with Crippen molar-refractivity contribution in [3.63, 3.8) is 0 Å². The van der Waals surface area contributed by atoms with Gasteiger partial charge in [-0.2, -0.15) is 0 Å². The Morgan fingerprint density at radius 3 is 2.64 bits per heavy atom. The second-order valence-electron chi connectivity index (χ2n) is 6.33. The first-order valence-electron chi connectivity index (χ1n) is 8.48. The topological polar surface area (TPSA) is 49.4 Å². The number of hydrogen-bond donors (Lipinski definition) is 1. The fourth-order valence-electron chi connectivity index (χ4n) is 3.18. The van der Waals surface area contributed by atoms with E-state index in [0.29, 0.717) is 27.2 Å². The SMILES string of the molecule is CN(C(=O)c1ccc(Cl)c(NC(=O)c2cccs2)c1)C1CCCCC1. The Morgan fingerprint density at radius 1 is 1.20 bits per heavy atom. The molecule has 1 N–H and O–H groups in total. The summed E-state index contributed by atoms with van der Waals surface area (Å²) in [4.78, 5) is 27.5. The average molecular weight is 377 g/mol. The summed E-state index contributed by atoms with van der Waals surface area (Å²) in [7, 11) is 1.86. The minimum atomic E-state index is -0.220. The molecule has 0 unspecified atom stereocenters. The van der Waals surface area contributed by atoms with Crippen molar-refractivity contribution in [2.75, 3.05) is 12.4 Å². The van der Waals surface area contributed by atoms with E-state index in [9.17, 15) is 9.59 Å². The second-order valence-corrected chi connectivity index (χ2v) is 7.69. The van der Waals surface area contributed by atoms with Gasteiger partial charge in [0.1, 0.15) is 0 Å². The Labute approximate surface area is 156 Å².